The Bertz CT molecular complexity index is 986. The monoisotopic (exact) mass is 295 g/mol. The molecule has 7 heteroatoms. The Labute approximate surface area is 125 Å². The maximum absolute atomic E-state index is 12.1. The second kappa shape index (κ2) is 5.36. The number of aromatic amines is 1. The largest absolute Gasteiger partial charge is 0.329 e. The number of fused-ring (bicyclic) bond motifs is 1. The van der Waals surface area contributed by atoms with E-state index in [1.165, 1.54) is 7.05 Å². The molecular weight excluding hydrogens is 282 g/mol. The highest BCUT2D eigenvalue weighted by molar-refractivity contribution is 5.79. The van der Waals surface area contributed by atoms with Gasteiger partial charge in [-0.3, -0.25) is 14.3 Å². The molecule has 0 atom stereocenters. The quantitative estimate of drug-likeness (QED) is 0.760. The lowest BCUT2D eigenvalue weighted by molar-refractivity contribution is 0.779. The van der Waals surface area contributed by atoms with E-state index in [0.29, 0.717) is 5.82 Å². The molecular formula is C15H13N5O2. The van der Waals surface area contributed by atoms with E-state index < -0.39 is 11.2 Å². The number of H-pyrrole nitrogens is 1. The summed E-state index contributed by atoms with van der Waals surface area (Å²) in [5.74, 6) is 0.348. The van der Waals surface area contributed by atoms with E-state index in [2.05, 4.69) is 20.2 Å². The van der Waals surface area contributed by atoms with Gasteiger partial charge in [0.1, 0.15) is 0 Å². The highest BCUT2D eigenvalue weighted by atomic mass is 16.2. The van der Waals surface area contributed by atoms with E-state index >= 15 is 0 Å². The Balaban J connectivity index is 2.15. The van der Waals surface area contributed by atoms with Crippen LogP contribution in [0.15, 0.2) is 39.9 Å². The average Bonchev–Trinajstić information content (AvgIpc) is 2.53. The molecule has 0 radical (unpaired) electrons. The minimum absolute atomic E-state index is 0.0874. The molecule has 0 saturated carbocycles. The predicted molar refractivity (Wildman–Crippen MR) is 83.2 cm³/mol. The lowest BCUT2D eigenvalue weighted by Gasteiger charge is -2.02. The Kier molecular flexibility index (Phi) is 3.38. The predicted octanol–water partition coefficient (Wildman–Crippen LogP) is 0.972. The lowest BCUT2D eigenvalue weighted by Crippen LogP contribution is -2.33. The smallest absolute Gasteiger partial charge is 0.288 e. The summed E-state index contributed by atoms with van der Waals surface area (Å²) in [6.45, 7) is 1.84. The zero-order chi connectivity index (χ0) is 15.7. The van der Waals surface area contributed by atoms with Crippen molar-refractivity contribution in [2.24, 2.45) is 7.05 Å². The first-order valence-electron chi connectivity index (χ1n) is 6.64. The number of nitrogens with one attached hydrogen (secondary N) is 1. The third-order valence-electron chi connectivity index (χ3n) is 3.26. The van der Waals surface area contributed by atoms with Crippen LogP contribution in [0, 0.1) is 0 Å². The molecule has 0 amide bonds. The van der Waals surface area contributed by atoms with Crippen molar-refractivity contribution in [1.29, 1.82) is 0 Å². The molecule has 0 saturated heterocycles. The molecule has 0 fully saturated rings. The SMILES string of the molecule is C/C(=C\c1ccccc1)c1nnc2[nH]c(=O)n(C)c(=O)c2n1. The Morgan fingerprint density at radius 1 is 1.18 bits per heavy atom. The summed E-state index contributed by atoms with van der Waals surface area (Å²) in [7, 11) is 1.38. The first-order valence-corrected chi connectivity index (χ1v) is 6.64. The number of aromatic nitrogens is 5. The van der Waals surface area contributed by atoms with Gasteiger partial charge in [0.2, 0.25) is 0 Å². The zero-order valence-electron chi connectivity index (χ0n) is 12.1. The van der Waals surface area contributed by atoms with E-state index in [9.17, 15) is 9.59 Å². The van der Waals surface area contributed by atoms with E-state index in [1.807, 2.05) is 43.3 Å². The van der Waals surface area contributed by atoms with Crippen molar-refractivity contribution in [2.75, 3.05) is 0 Å². The van der Waals surface area contributed by atoms with Gasteiger partial charge in [0.05, 0.1) is 0 Å². The minimum atomic E-state index is -0.544. The van der Waals surface area contributed by atoms with Crippen molar-refractivity contribution in [3.05, 3.63) is 62.6 Å². The van der Waals surface area contributed by atoms with Crippen LogP contribution in [0.3, 0.4) is 0 Å². The van der Waals surface area contributed by atoms with Crippen molar-refractivity contribution in [2.45, 2.75) is 6.92 Å². The first kappa shape index (κ1) is 13.9. The van der Waals surface area contributed by atoms with E-state index in [0.717, 1.165) is 15.7 Å². The van der Waals surface area contributed by atoms with Crippen LogP contribution < -0.4 is 11.2 Å². The fourth-order valence-electron chi connectivity index (χ4n) is 2.03. The fourth-order valence-corrected chi connectivity index (χ4v) is 2.03. The molecule has 0 aliphatic rings. The van der Waals surface area contributed by atoms with Gasteiger partial charge in [0.25, 0.3) is 5.56 Å². The number of hydrogen-bond acceptors (Lipinski definition) is 5. The van der Waals surface area contributed by atoms with Crippen LogP contribution in [-0.4, -0.2) is 24.7 Å². The number of rotatable bonds is 2. The number of allylic oxidation sites excluding steroid dienone is 1. The fraction of sp³-hybridized carbons (Fsp3) is 0.133. The van der Waals surface area contributed by atoms with Crippen molar-refractivity contribution in [3.63, 3.8) is 0 Å². The summed E-state index contributed by atoms with van der Waals surface area (Å²) in [6.07, 6.45) is 1.90. The summed E-state index contributed by atoms with van der Waals surface area (Å²) in [6, 6.07) is 9.70. The Morgan fingerprint density at radius 3 is 2.64 bits per heavy atom. The molecule has 1 N–H and O–H groups in total. The molecule has 0 bridgehead atoms. The number of benzene rings is 1. The van der Waals surface area contributed by atoms with E-state index in [4.69, 9.17) is 0 Å². The number of hydrogen-bond donors (Lipinski definition) is 1. The Morgan fingerprint density at radius 2 is 1.91 bits per heavy atom. The van der Waals surface area contributed by atoms with Crippen molar-refractivity contribution >= 4 is 22.8 Å². The minimum Gasteiger partial charge on any atom is -0.288 e. The van der Waals surface area contributed by atoms with Crippen LogP contribution in [0.25, 0.3) is 22.8 Å². The van der Waals surface area contributed by atoms with E-state index in [-0.39, 0.29) is 11.2 Å². The first-order chi connectivity index (χ1) is 10.6. The van der Waals surface area contributed by atoms with Gasteiger partial charge in [-0.15, -0.1) is 10.2 Å². The topological polar surface area (TPSA) is 93.5 Å². The summed E-state index contributed by atoms with van der Waals surface area (Å²) in [4.78, 5) is 30.3. The second-order valence-corrected chi connectivity index (χ2v) is 4.86. The third-order valence-corrected chi connectivity index (χ3v) is 3.26. The van der Waals surface area contributed by atoms with Gasteiger partial charge in [-0.2, -0.15) is 0 Å². The van der Waals surface area contributed by atoms with E-state index in [1.54, 1.807) is 0 Å². The zero-order valence-corrected chi connectivity index (χ0v) is 12.1. The molecule has 0 unspecified atom stereocenters. The molecule has 22 heavy (non-hydrogen) atoms. The molecule has 3 aromatic rings. The van der Waals surface area contributed by atoms with Crippen molar-refractivity contribution in [3.8, 4) is 0 Å². The van der Waals surface area contributed by atoms with Crippen LogP contribution in [0.4, 0.5) is 0 Å². The Hall–Kier alpha value is -3.09. The maximum atomic E-state index is 12.1. The molecule has 3 rings (SSSR count). The van der Waals surface area contributed by atoms with Crippen LogP contribution in [-0.2, 0) is 7.05 Å². The normalized spacial score (nSPS) is 11.8. The van der Waals surface area contributed by atoms with Crippen LogP contribution in [0.1, 0.15) is 18.3 Å². The van der Waals surface area contributed by atoms with Gasteiger partial charge in [0, 0.05) is 7.05 Å². The van der Waals surface area contributed by atoms with Crippen LogP contribution in [0.2, 0.25) is 0 Å². The van der Waals surface area contributed by atoms with Crippen molar-refractivity contribution in [1.82, 2.24) is 24.7 Å². The standard InChI is InChI=1S/C15H13N5O2/c1-9(8-10-6-4-3-5-7-10)12-16-11-13(19-18-12)17-15(22)20(2)14(11)21/h3-8H,1-2H3,(H,17,19,22)/b9-8+. The summed E-state index contributed by atoms with van der Waals surface area (Å²) in [5, 5.41) is 7.85. The van der Waals surface area contributed by atoms with Crippen LogP contribution in [0.5, 0.6) is 0 Å². The molecule has 7 nitrogen and oxygen atoms in total. The highest BCUT2D eigenvalue weighted by Gasteiger charge is 2.10. The maximum Gasteiger partial charge on any atom is 0.329 e. The molecule has 0 spiro atoms. The van der Waals surface area contributed by atoms with Gasteiger partial charge in [-0.05, 0) is 24.1 Å². The average molecular weight is 295 g/mol. The second-order valence-electron chi connectivity index (χ2n) is 4.86. The van der Waals surface area contributed by atoms with Gasteiger partial charge >= 0.3 is 5.69 Å². The summed E-state index contributed by atoms with van der Waals surface area (Å²) < 4.78 is 0.955. The van der Waals surface area contributed by atoms with Gasteiger partial charge in [-0.25, -0.2) is 9.78 Å². The van der Waals surface area contributed by atoms with Gasteiger partial charge in [-0.1, -0.05) is 30.3 Å². The molecule has 2 aromatic heterocycles. The molecule has 0 aliphatic heterocycles. The molecule has 1 aromatic carbocycles. The highest BCUT2D eigenvalue weighted by Crippen LogP contribution is 2.13. The molecule has 110 valence electrons. The van der Waals surface area contributed by atoms with Gasteiger partial charge in [0.15, 0.2) is 17.0 Å². The molecule has 2 heterocycles. The molecule has 0 aliphatic carbocycles. The number of nitrogens with zero attached hydrogens (tertiary/aromatic N) is 4. The third kappa shape index (κ3) is 2.44. The summed E-state index contributed by atoms with van der Waals surface area (Å²) in [5.41, 5.74) is 0.907. The lowest BCUT2D eigenvalue weighted by atomic mass is 10.1. The van der Waals surface area contributed by atoms with Crippen LogP contribution >= 0.6 is 0 Å². The van der Waals surface area contributed by atoms with Gasteiger partial charge < -0.3 is 0 Å². The van der Waals surface area contributed by atoms with Crippen molar-refractivity contribution < 1.29 is 0 Å². The summed E-state index contributed by atoms with van der Waals surface area (Å²) >= 11 is 0.